The second-order valence-corrected chi connectivity index (χ2v) is 7.47. The number of halogens is 2. The summed E-state index contributed by atoms with van der Waals surface area (Å²) in [7, 11) is 0. The summed E-state index contributed by atoms with van der Waals surface area (Å²) < 4.78 is 0. The summed E-state index contributed by atoms with van der Waals surface area (Å²) in [5, 5.41) is 4.96. The predicted molar refractivity (Wildman–Crippen MR) is 93.5 cm³/mol. The van der Waals surface area contributed by atoms with E-state index in [2.05, 4.69) is 24.4 Å². The number of hydrogen-bond donors (Lipinski definition) is 1. The van der Waals surface area contributed by atoms with Crippen molar-refractivity contribution in [2.45, 2.75) is 32.2 Å². The van der Waals surface area contributed by atoms with E-state index in [0.717, 1.165) is 18.0 Å². The molecule has 0 bridgehead atoms. The van der Waals surface area contributed by atoms with E-state index in [4.69, 9.17) is 23.2 Å². The summed E-state index contributed by atoms with van der Waals surface area (Å²) in [6.07, 6.45) is 3.85. The lowest BCUT2D eigenvalue weighted by Crippen LogP contribution is -2.22. The molecule has 1 saturated carbocycles. The number of thiophene rings is 1. The molecule has 0 spiro atoms. The van der Waals surface area contributed by atoms with Gasteiger partial charge in [-0.05, 0) is 49.9 Å². The van der Waals surface area contributed by atoms with E-state index >= 15 is 0 Å². The summed E-state index contributed by atoms with van der Waals surface area (Å²) in [5.41, 5.74) is 1.03. The standard InChI is InChI=1S/C17H19Cl2NS/c1-2-10-20-17(11-6-7-11)15-9-8-14(21-15)12-4-3-5-13(18)16(12)19/h3-5,8-9,11,17,20H,2,6-7,10H2,1H3. The van der Waals surface area contributed by atoms with Crippen LogP contribution in [0.2, 0.25) is 10.0 Å². The molecule has 21 heavy (non-hydrogen) atoms. The molecule has 1 heterocycles. The molecule has 1 nitrogen and oxygen atoms in total. The molecule has 0 saturated heterocycles. The Balaban J connectivity index is 1.86. The average Bonchev–Trinajstić information content (AvgIpc) is 3.20. The highest BCUT2D eigenvalue weighted by molar-refractivity contribution is 7.15. The first-order valence-corrected chi connectivity index (χ1v) is 9.05. The molecular weight excluding hydrogens is 321 g/mol. The zero-order chi connectivity index (χ0) is 14.8. The molecule has 1 aliphatic rings. The van der Waals surface area contributed by atoms with Crippen LogP contribution in [0, 0.1) is 5.92 Å². The van der Waals surface area contributed by atoms with E-state index in [9.17, 15) is 0 Å². The summed E-state index contributed by atoms with van der Waals surface area (Å²) in [5.74, 6) is 0.804. The Morgan fingerprint density at radius 2 is 2.05 bits per heavy atom. The molecule has 1 aromatic carbocycles. The van der Waals surface area contributed by atoms with Crippen molar-refractivity contribution < 1.29 is 0 Å². The third-order valence-corrected chi connectivity index (χ3v) is 5.88. The summed E-state index contributed by atoms with van der Waals surface area (Å²) in [6.45, 7) is 3.29. The topological polar surface area (TPSA) is 12.0 Å². The summed E-state index contributed by atoms with van der Waals surface area (Å²) in [4.78, 5) is 2.61. The Bertz CT molecular complexity index is 619. The van der Waals surface area contributed by atoms with Crippen molar-refractivity contribution in [1.29, 1.82) is 0 Å². The molecule has 1 fully saturated rings. The maximum Gasteiger partial charge on any atom is 0.0678 e. The minimum Gasteiger partial charge on any atom is -0.309 e. The fraction of sp³-hybridized carbons (Fsp3) is 0.412. The van der Waals surface area contributed by atoms with E-state index < -0.39 is 0 Å². The smallest absolute Gasteiger partial charge is 0.0678 e. The van der Waals surface area contributed by atoms with Crippen LogP contribution in [-0.4, -0.2) is 6.54 Å². The van der Waals surface area contributed by atoms with Crippen molar-refractivity contribution in [3.63, 3.8) is 0 Å². The number of rotatable bonds is 6. The van der Waals surface area contributed by atoms with Crippen molar-refractivity contribution in [2.75, 3.05) is 6.54 Å². The van der Waals surface area contributed by atoms with Crippen LogP contribution < -0.4 is 5.32 Å². The molecule has 112 valence electrons. The minimum atomic E-state index is 0.502. The highest BCUT2D eigenvalue weighted by Crippen LogP contribution is 2.45. The molecule has 1 N–H and O–H groups in total. The minimum absolute atomic E-state index is 0.502. The largest absolute Gasteiger partial charge is 0.309 e. The maximum absolute atomic E-state index is 6.33. The lowest BCUT2D eigenvalue weighted by atomic mass is 10.1. The molecule has 0 aliphatic heterocycles. The Kier molecular flexibility index (Phi) is 4.90. The number of nitrogens with one attached hydrogen (secondary N) is 1. The van der Waals surface area contributed by atoms with Gasteiger partial charge in [-0.1, -0.05) is 42.3 Å². The van der Waals surface area contributed by atoms with E-state index in [0.29, 0.717) is 16.1 Å². The van der Waals surface area contributed by atoms with Crippen molar-refractivity contribution >= 4 is 34.5 Å². The van der Waals surface area contributed by atoms with Crippen LogP contribution in [0.15, 0.2) is 30.3 Å². The predicted octanol–water partition coefficient (Wildman–Crippen LogP) is 6.17. The molecule has 1 unspecified atom stereocenters. The Hall–Kier alpha value is -0.540. The third kappa shape index (κ3) is 3.45. The molecule has 0 radical (unpaired) electrons. The quantitative estimate of drug-likeness (QED) is 0.663. The van der Waals surface area contributed by atoms with E-state index in [-0.39, 0.29) is 0 Å². The SMILES string of the molecule is CCCNC(c1ccc(-c2cccc(Cl)c2Cl)s1)C1CC1. The summed E-state index contributed by atoms with van der Waals surface area (Å²) in [6, 6.07) is 10.7. The third-order valence-electron chi connectivity index (χ3n) is 3.86. The molecule has 1 aromatic heterocycles. The Morgan fingerprint density at radius 3 is 2.76 bits per heavy atom. The van der Waals surface area contributed by atoms with Gasteiger partial charge in [-0.15, -0.1) is 11.3 Å². The van der Waals surface area contributed by atoms with Crippen LogP contribution in [0.25, 0.3) is 10.4 Å². The lowest BCUT2D eigenvalue weighted by molar-refractivity contribution is 0.488. The van der Waals surface area contributed by atoms with Gasteiger partial charge in [0.05, 0.1) is 10.0 Å². The van der Waals surface area contributed by atoms with E-state index in [1.807, 2.05) is 29.5 Å². The number of hydrogen-bond acceptors (Lipinski definition) is 2. The van der Waals surface area contributed by atoms with Gasteiger partial charge in [-0.25, -0.2) is 0 Å². The van der Waals surface area contributed by atoms with Crippen LogP contribution in [0.4, 0.5) is 0 Å². The van der Waals surface area contributed by atoms with Gasteiger partial charge in [0.15, 0.2) is 0 Å². The van der Waals surface area contributed by atoms with Gasteiger partial charge in [-0.3, -0.25) is 0 Å². The molecule has 2 aromatic rings. The first kappa shape index (κ1) is 15.4. The monoisotopic (exact) mass is 339 g/mol. The molecule has 0 amide bonds. The highest BCUT2D eigenvalue weighted by Gasteiger charge is 2.32. The van der Waals surface area contributed by atoms with Crippen LogP contribution >= 0.6 is 34.5 Å². The van der Waals surface area contributed by atoms with Gasteiger partial charge in [0, 0.05) is 21.4 Å². The normalized spacial score (nSPS) is 16.1. The van der Waals surface area contributed by atoms with Crippen LogP contribution in [0.3, 0.4) is 0 Å². The van der Waals surface area contributed by atoms with Crippen LogP contribution in [0.1, 0.15) is 37.1 Å². The first-order valence-electron chi connectivity index (χ1n) is 7.48. The van der Waals surface area contributed by atoms with Crippen LogP contribution in [-0.2, 0) is 0 Å². The van der Waals surface area contributed by atoms with Gasteiger partial charge in [0.25, 0.3) is 0 Å². The zero-order valence-corrected chi connectivity index (χ0v) is 14.4. The summed E-state index contributed by atoms with van der Waals surface area (Å²) >= 11 is 14.3. The van der Waals surface area contributed by atoms with Gasteiger partial charge >= 0.3 is 0 Å². The molecule has 1 aliphatic carbocycles. The van der Waals surface area contributed by atoms with Crippen molar-refractivity contribution in [2.24, 2.45) is 5.92 Å². The second-order valence-electron chi connectivity index (χ2n) is 5.57. The molecular formula is C17H19Cl2NS. The van der Waals surface area contributed by atoms with E-state index in [1.54, 1.807) is 0 Å². The Morgan fingerprint density at radius 1 is 1.24 bits per heavy atom. The van der Waals surface area contributed by atoms with Gasteiger partial charge in [-0.2, -0.15) is 0 Å². The maximum atomic E-state index is 6.33. The Labute approximate surface area is 140 Å². The molecule has 1 atom stereocenters. The first-order chi connectivity index (χ1) is 10.2. The van der Waals surface area contributed by atoms with Gasteiger partial charge in [0.2, 0.25) is 0 Å². The number of benzene rings is 1. The van der Waals surface area contributed by atoms with Crippen molar-refractivity contribution in [3.05, 3.63) is 45.3 Å². The van der Waals surface area contributed by atoms with Gasteiger partial charge in [0.1, 0.15) is 0 Å². The van der Waals surface area contributed by atoms with Crippen LogP contribution in [0.5, 0.6) is 0 Å². The van der Waals surface area contributed by atoms with Crippen molar-refractivity contribution in [1.82, 2.24) is 5.32 Å². The fourth-order valence-electron chi connectivity index (χ4n) is 2.59. The van der Waals surface area contributed by atoms with Gasteiger partial charge < -0.3 is 5.32 Å². The fourth-order valence-corrected chi connectivity index (χ4v) is 4.26. The van der Waals surface area contributed by atoms with Crippen molar-refractivity contribution in [3.8, 4) is 10.4 Å². The second kappa shape index (κ2) is 6.70. The highest BCUT2D eigenvalue weighted by atomic mass is 35.5. The lowest BCUT2D eigenvalue weighted by Gasteiger charge is -2.16. The van der Waals surface area contributed by atoms with E-state index in [1.165, 1.54) is 29.0 Å². The average molecular weight is 340 g/mol. The zero-order valence-electron chi connectivity index (χ0n) is 12.0. The molecule has 3 rings (SSSR count). The molecule has 4 heteroatoms.